The summed E-state index contributed by atoms with van der Waals surface area (Å²) < 4.78 is 13.0. The minimum Gasteiger partial charge on any atom is -0.341 e. The second-order valence-electron chi connectivity index (χ2n) is 4.19. The molecule has 0 amide bonds. The third kappa shape index (κ3) is 2.78. The predicted octanol–water partition coefficient (Wildman–Crippen LogP) is 4.58. The van der Waals surface area contributed by atoms with Crippen molar-refractivity contribution < 1.29 is 4.39 Å². The van der Waals surface area contributed by atoms with Gasteiger partial charge in [0.2, 0.25) is 0 Å². The largest absolute Gasteiger partial charge is 0.341 e. The number of thioether (sulfide) groups is 1. The number of nitrogens with zero attached hydrogens (tertiary/aromatic N) is 2. The van der Waals surface area contributed by atoms with Gasteiger partial charge in [0, 0.05) is 17.1 Å². The highest BCUT2D eigenvalue weighted by Crippen LogP contribution is 2.33. The third-order valence-corrected chi connectivity index (χ3v) is 3.86. The van der Waals surface area contributed by atoms with Gasteiger partial charge in [0.1, 0.15) is 11.9 Å². The van der Waals surface area contributed by atoms with Crippen LogP contribution < -0.4 is 4.90 Å². The summed E-state index contributed by atoms with van der Waals surface area (Å²) >= 11 is 1.55. The standard InChI is InChI=1S/C16H15FN2S/c1-3-19(13-9-7-12(17)8-10-13)15-5-4-6-16(20-2)14(15)11-18/h4-10H,3H2,1-2H3. The van der Waals surface area contributed by atoms with Crippen molar-refractivity contribution in [2.24, 2.45) is 0 Å². The lowest BCUT2D eigenvalue weighted by molar-refractivity contribution is 0.628. The number of halogens is 1. The lowest BCUT2D eigenvalue weighted by Gasteiger charge is -2.25. The topological polar surface area (TPSA) is 27.0 Å². The Morgan fingerprint density at radius 1 is 1.20 bits per heavy atom. The van der Waals surface area contributed by atoms with E-state index in [1.165, 1.54) is 12.1 Å². The molecule has 0 atom stereocenters. The highest BCUT2D eigenvalue weighted by Gasteiger charge is 2.14. The molecule has 2 rings (SSSR count). The van der Waals surface area contributed by atoms with E-state index >= 15 is 0 Å². The number of benzene rings is 2. The summed E-state index contributed by atoms with van der Waals surface area (Å²) in [5.74, 6) is -0.261. The van der Waals surface area contributed by atoms with Gasteiger partial charge in [-0.15, -0.1) is 11.8 Å². The monoisotopic (exact) mass is 286 g/mol. The van der Waals surface area contributed by atoms with Crippen LogP contribution in [-0.2, 0) is 0 Å². The molecule has 0 radical (unpaired) electrons. The summed E-state index contributed by atoms with van der Waals surface area (Å²) in [5.41, 5.74) is 2.39. The summed E-state index contributed by atoms with van der Waals surface area (Å²) in [5, 5.41) is 9.42. The molecule has 0 aliphatic rings. The molecule has 2 aromatic carbocycles. The summed E-state index contributed by atoms with van der Waals surface area (Å²) in [6, 6.07) is 14.4. The minimum atomic E-state index is -0.261. The molecule has 0 spiro atoms. The second-order valence-corrected chi connectivity index (χ2v) is 5.03. The van der Waals surface area contributed by atoms with Crippen LogP contribution in [0.2, 0.25) is 0 Å². The fourth-order valence-corrected chi connectivity index (χ4v) is 2.71. The Morgan fingerprint density at radius 3 is 2.45 bits per heavy atom. The van der Waals surface area contributed by atoms with Gasteiger partial charge < -0.3 is 4.90 Å². The SMILES string of the molecule is CCN(c1ccc(F)cc1)c1cccc(SC)c1C#N. The first-order valence-electron chi connectivity index (χ1n) is 6.31. The molecule has 0 saturated heterocycles. The van der Waals surface area contributed by atoms with Crippen LogP contribution in [-0.4, -0.2) is 12.8 Å². The van der Waals surface area contributed by atoms with E-state index in [0.29, 0.717) is 12.1 Å². The number of anilines is 2. The molecule has 102 valence electrons. The number of hydrogen-bond donors (Lipinski definition) is 0. The van der Waals surface area contributed by atoms with Gasteiger partial charge in [-0.05, 0) is 49.6 Å². The maximum atomic E-state index is 13.0. The van der Waals surface area contributed by atoms with E-state index in [1.807, 2.05) is 36.3 Å². The highest BCUT2D eigenvalue weighted by molar-refractivity contribution is 7.98. The fraction of sp³-hybridized carbons (Fsp3) is 0.188. The Balaban J connectivity index is 2.52. The first-order valence-corrected chi connectivity index (χ1v) is 7.54. The zero-order valence-corrected chi connectivity index (χ0v) is 12.2. The number of rotatable bonds is 4. The van der Waals surface area contributed by atoms with Gasteiger partial charge >= 0.3 is 0 Å². The Morgan fingerprint density at radius 2 is 1.90 bits per heavy atom. The van der Waals surface area contributed by atoms with Crippen LogP contribution in [0, 0.1) is 17.1 Å². The van der Waals surface area contributed by atoms with Gasteiger partial charge in [0.05, 0.1) is 11.3 Å². The van der Waals surface area contributed by atoms with Gasteiger partial charge in [-0.1, -0.05) is 6.07 Å². The van der Waals surface area contributed by atoms with Gasteiger partial charge in [-0.2, -0.15) is 5.26 Å². The quantitative estimate of drug-likeness (QED) is 0.770. The van der Waals surface area contributed by atoms with E-state index in [0.717, 1.165) is 16.3 Å². The molecule has 0 aliphatic heterocycles. The van der Waals surface area contributed by atoms with Crippen LogP contribution in [0.3, 0.4) is 0 Å². The van der Waals surface area contributed by atoms with Gasteiger partial charge in [-0.25, -0.2) is 4.39 Å². The lowest BCUT2D eigenvalue weighted by Crippen LogP contribution is -2.17. The molecule has 0 heterocycles. The first-order chi connectivity index (χ1) is 9.71. The average molecular weight is 286 g/mol. The molecule has 0 aromatic heterocycles. The van der Waals surface area contributed by atoms with Crippen molar-refractivity contribution in [1.29, 1.82) is 5.26 Å². The summed E-state index contributed by atoms with van der Waals surface area (Å²) in [6.07, 6.45) is 1.95. The van der Waals surface area contributed by atoms with Crippen molar-refractivity contribution in [1.82, 2.24) is 0 Å². The van der Waals surface area contributed by atoms with E-state index in [9.17, 15) is 9.65 Å². The van der Waals surface area contributed by atoms with Crippen molar-refractivity contribution in [2.75, 3.05) is 17.7 Å². The normalized spacial score (nSPS) is 10.1. The van der Waals surface area contributed by atoms with Gasteiger partial charge in [0.25, 0.3) is 0 Å². The van der Waals surface area contributed by atoms with Crippen LogP contribution in [0.1, 0.15) is 12.5 Å². The van der Waals surface area contributed by atoms with Crippen LogP contribution in [0.15, 0.2) is 47.4 Å². The molecule has 2 nitrogen and oxygen atoms in total. The van der Waals surface area contributed by atoms with Crippen LogP contribution in [0.25, 0.3) is 0 Å². The molecule has 0 aliphatic carbocycles. The number of hydrogen-bond acceptors (Lipinski definition) is 3. The molecule has 0 N–H and O–H groups in total. The lowest BCUT2D eigenvalue weighted by atomic mass is 10.1. The zero-order valence-electron chi connectivity index (χ0n) is 11.4. The molecule has 20 heavy (non-hydrogen) atoms. The van der Waals surface area contributed by atoms with Crippen molar-refractivity contribution in [3.8, 4) is 6.07 Å². The van der Waals surface area contributed by atoms with E-state index in [4.69, 9.17) is 0 Å². The molecular weight excluding hydrogens is 271 g/mol. The Kier molecular flexibility index (Phi) is 4.65. The highest BCUT2D eigenvalue weighted by atomic mass is 32.2. The Labute approximate surface area is 122 Å². The van der Waals surface area contributed by atoms with Gasteiger partial charge in [0.15, 0.2) is 0 Å². The van der Waals surface area contributed by atoms with Crippen LogP contribution in [0.4, 0.5) is 15.8 Å². The van der Waals surface area contributed by atoms with E-state index in [1.54, 1.807) is 23.9 Å². The van der Waals surface area contributed by atoms with E-state index in [2.05, 4.69) is 6.07 Å². The molecular formula is C16H15FN2S. The summed E-state index contributed by atoms with van der Waals surface area (Å²) in [6.45, 7) is 2.72. The van der Waals surface area contributed by atoms with Gasteiger partial charge in [-0.3, -0.25) is 0 Å². The minimum absolute atomic E-state index is 0.261. The van der Waals surface area contributed by atoms with Crippen molar-refractivity contribution in [2.45, 2.75) is 11.8 Å². The molecule has 2 aromatic rings. The molecule has 0 unspecified atom stereocenters. The molecule has 4 heteroatoms. The Bertz CT molecular complexity index is 632. The fourth-order valence-electron chi connectivity index (χ4n) is 2.14. The third-order valence-electron chi connectivity index (χ3n) is 3.08. The first kappa shape index (κ1) is 14.4. The zero-order chi connectivity index (χ0) is 14.5. The van der Waals surface area contributed by atoms with E-state index in [-0.39, 0.29) is 5.82 Å². The summed E-state index contributed by atoms with van der Waals surface area (Å²) in [7, 11) is 0. The summed E-state index contributed by atoms with van der Waals surface area (Å²) in [4.78, 5) is 2.96. The Hall–Kier alpha value is -1.99. The smallest absolute Gasteiger partial charge is 0.123 e. The molecule has 0 fully saturated rings. The number of nitriles is 1. The van der Waals surface area contributed by atoms with Crippen molar-refractivity contribution >= 4 is 23.1 Å². The predicted molar refractivity (Wildman–Crippen MR) is 82.0 cm³/mol. The molecule has 0 bridgehead atoms. The maximum absolute atomic E-state index is 13.0. The van der Waals surface area contributed by atoms with Crippen molar-refractivity contribution in [3.05, 3.63) is 53.8 Å². The average Bonchev–Trinajstić information content (AvgIpc) is 2.49. The van der Waals surface area contributed by atoms with Crippen LogP contribution in [0.5, 0.6) is 0 Å². The molecule has 0 saturated carbocycles. The second kappa shape index (κ2) is 6.44. The maximum Gasteiger partial charge on any atom is 0.123 e. The van der Waals surface area contributed by atoms with Crippen LogP contribution >= 0.6 is 11.8 Å². The van der Waals surface area contributed by atoms with E-state index < -0.39 is 0 Å². The van der Waals surface area contributed by atoms with Crippen molar-refractivity contribution in [3.63, 3.8) is 0 Å².